The summed E-state index contributed by atoms with van der Waals surface area (Å²) in [5.74, 6) is 0.132. The van der Waals surface area contributed by atoms with Gasteiger partial charge in [0.15, 0.2) is 5.96 Å². The van der Waals surface area contributed by atoms with Gasteiger partial charge < -0.3 is 16.2 Å². The van der Waals surface area contributed by atoms with Crippen molar-refractivity contribution < 1.29 is 4.74 Å². The van der Waals surface area contributed by atoms with Crippen LogP contribution in [0.5, 0.6) is 0 Å². The molecular weight excluding hydrogens is 178 g/mol. The predicted molar refractivity (Wildman–Crippen MR) is 60.2 cm³/mol. The molecule has 0 saturated heterocycles. The lowest BCUT2D eigenvalue weighted by molar-refractivity contribution is 0.0644. The van der Waals surface area contributed by atoms with E-state index in [-0.39, 0.29) is 5.96 Å². The molecule has 0 amide bonds. The Hall–Kier alpha value is -0.770. The molecule has 4 nitrogen and oxygen atoms in total. The lowest BCUT2D eigenvalue weighted by atomic mass is 10.1. The molecule has 4 N–H and O–H groups in total. The van der Waals surface area contributed by atoms with Gasteiger partial charge in [-0.05, 0) is 13.3 Å². The fourth-order valence-electron chi connectivity index (χ4n) is 1.19. The van der Waals surface area contributed by atoms with E-state index < -0.39 is 0 Å². The van der Waals surface area contributed by atoms with Crippen molar-refractivity contribution in [3.8, 4) is 0 Å². The summed E-state index contributed by atoms with van der Waals surface area (Å²) in [7, 11) is 0. The standard InChI is InChI=1S/C10H23N3O/c1-3-4-5-6-9(2)14-8-7-13-10(11)12/h9H,3-8H2,1-2H3,(H4,11,12,13). The van der Waals surface area contributed by atoms with Gasteiger partial charge in [0, 0.05) is 0 Å². The summed E-state index contributed by atoms with van der Waals surface area (Å²) < 4.78 is 5.52. The van der Waals surface area contributed by atoms with Gasteiger partial charge in [-0.25, -0.2) is 0 Å². The van der Waals surface area contributed by atoms with E-state index in [2.05, 4.69) is 18.8 Å². The molecule has 0 heterocycles. The van der Waals surface area contributed by atoms with Gasteiger partial charge >= 0.3 is 0 Å². The third-order valence-corrected chi connectivity index (χ3v) is 2.00. The number of nitrogens with zero attached hydrogens (tertiary/aromatic N) is 1. The average Bonchev–Trinajstić information content (AvgIpc) is 2.13. The van der Waals surface area contributed by atoms with Gasteiger partial charge in [0.2, 0.25) is 0 Å². The van der Waals surface area contributed by atoms with E-state index >= 15 is 0 Å². The van der Waals surface area contributed by atoms with Crippen molar-refractivity contribution in [1.82, 2.24) is 0 Å². The van der Waals surface area contributed by atoms with Crippen molar-refractivity contribution in [2.75, 3.05) is 13.2 Å². The van der Waals surface area contributed by atoms with E-state index in [4.69, 9.17) is 16.2 Å². The lowest BCUT2D eigenvalue weighted by Crippen LogP contribution is -2.23. The number of hydrogen-bond acceptors (Lipinski definition) is 2. The monoisotopic (exact) mass is 201 g/mol. The molecule has 0 radical (unpaired) electrons. The minimum absolute atomic E-state index is 0.132. The van der Waals surface area contributed by atoms with Crippen LogP contribution in [-0.2, 0) is 4.74 Å². The molecule has 0 aromatic carbocycles. The van der Waals surface area contributed by atoms with Crippen LogP contribution in [0.4, 0.5) is 0 Å². The van der Waals surface area contributed by atoms with Gasteiger partial charge in [0.25, 0.3) is 0 Å². The van der Waals surface area contributed by atoms with Crippen LogP contribution in [0.15, 0.2) is 4.99 Å². The molecule has 0 bridgehead atoms. The fraction of sp³-hybridized carbons (Fsp3) is 0.900. The molecule has 0 spiro atoms. The van der Waals surface area contributed by atoms with Crippen LogP contribution in [0.25, 0.3) is 0 Å². The van der Waals surface area contributed by atoms with Crippen LogP contribution in [0.2, 0.25) is 0 Å². The molecule has 0 rings (SSSR count). The molecule has 0 fully saturated rings. The van der Waals surface area contributed by atoms with Gasteiger partial charge in [-0.3, -0.25) is 4.99 Å². The van der Waals surface area contributed by atoms with Crippen LogP contribution >= 0.6 is 0 Å². The highest BCUT2D eigenvalue weighted by molar-refractivity contribution is 5.75. The highest BCUT2D eigenvalue weighted by atomic mass is 16.5. The first kappa shape index (κ1) is 13.2. The smallest absolute Gasteiger partial charge is 0.185 e. The Balaban J connectivity index is 3.26. The largest absolute Gasteiger partial charge is 0.377 e. The third-order valence-electron chi connectivity index (χ3n) is 2.00. The van der Waals surface area contributed by atoms with Crippen molar-refractivity contribution in [3.05, 3.63) is 0 Å². The number of aliphatic imine (C=N–C) groups is 1. The number of unbranched alkanes of at least 4 members (excludes halogenated alkanes) is 2. The quantitative estimate of drug-likeness (QED) is 0.352. The zero-order valence-corrected chi connectivity index (χ0v) is 9.33. The Bertz CT molecular complexity index is 155. The molecule has 0 aromatic heterocycles. The van der Waals surface area contributed by atoms with E-state index in [1.807, 2.05) is 0 Å². The molecule has 0 aliphatic heterocycles. The Labute approximate surface area is 86.7 Å². The van der Waals surface area contributed by atoms with E-state index in [1.54, 1.807) is 0 Å². The van der Waals surface area contributed by atoms with Gasteiger partial charge in [-0.2, -0.15) is 0 Å². The van der Waals surface area contributed by atoms with E-state index in [1.165, 1.54) is 19.3 Å². The van der Waals surface area contributed by atoms with E-state index in [0.29, 0.717) is 19.3 Å². The summed E-state index contributed by atoms with van der Waals surface area (Å²) in [4.78, 5) is 3.84. The summed E-state index contributed by atoms with van der Waals surface area (Å²) in [5, 5.41) is 0. The normalized spacial score (nSPS) is 12.4. The molecule has 0 saturated carbocycles. The molecule has 0 aliphatic carbocycles. The maximum absolute atomic E-state index is 5.52. The fourth-order valence-corrected chi connectivity index (χ4v) is 1.19. The van der Waals surface area contributed by atoms with Crippen molar-refractivity contribution in [2.45, 2.75) is 45.6 Å². The third kappa shape index (κ3) is 9.32. The molecule has 1 unspecified atom stereocenters. The van der Waals surface area contributed by atoms with Crippen LogP contribution < -0.4 is 11.5 Å². The summed E-state index contributed by atoms with van der Waals surface area (Å²) in [5.41, 5.74) is 10.4. The number of hydrogen-bond donors (Lipinski definition) is 2. The highest BCUT2D eigenvalue weighted by Gasteiger charge is 2.00. The minimum Gasteiger partial charge on any atom is -0.377 e. The van der Waals surface area contributed by atoms with Crippen LogP contribution in [0.1, 0.15) is 39.5 Å². The first-order valence-corrected chi connectivity index (χ1v) is 5.33. The number of nitrogens with two attached hydrogens (primary N) is 2. The second kappa shape index (κ2) is 8.81. The Kier molecular flexibility index (Phi) is 8.33. The molecule has 84 valence electrons. The lowest BCUT2D eigenvalue weighted by Gasteiger charge is -2.11. The molecule has 4 heteroatoms. The minimum atomic E-state index is 0.132. The Morgan fingerprint density at radius 1 is 1.36 bits per heavy atom. The predicted octanol–water partition coefficient (Wildman–Crippen LogP) is 1.25. The van der Waals surface area contributed by atoms with Gasteiger partial charge in [0.1, 0.15) is 0 Å². The number of guanidine groups is 1. The Morgan fingerprint density at radius 3 is 2.64 bits per heavy atom. The summed E-state index contributed by atoms with van der Waals surface area (Å²) in [6.45, 7) is 5.45. The van der Waals surface area contributed by atoms with Crippen LogP contribution in [0.3, 0.4) is 0 Å². The SMILES string of the molecule is CCCCCC(C)OCCN=C(N)N. The highest BCUT2D eigenvalue weighted by Crippen LogP contribution is 2.05. The van der Waals surface area contributed by atoms with Crippen molar-refractivity contribution in [3.63, 3.8) is 0 Å². The number of ether oxygens (including phenoxy) is 1. The zero-order valence-electron chi connectivity index (χ0n) is 9.33. The van der Waals surface area contributed by atoms with Crippen LogP contribution in [-0.4, -0.2) is 25.2 Å². The Morgan fingerprint density at radius 2 is 2.07 bits per heavy atom. The molecule has 1 atom stereocenters. The summed E-state index contributed by atoms with van der Waals surface area (Å²) >= 11 is 0. The van der Waals surface area contributed by atoms with Crippen molar-refractivity contribution in [2.24, 2.45) is 16.5 Å². The summed E-state index contributed by atoms with van der Waals surface area (Å²) in [6.07, 6.45) is 5.20. The first-order chi connectivity index (χ1) is 6.66. The zero-order chi connectivity index (χ0) is 10.8. The number of rotatable bonds is 8. The van der Waals surface area contributed by atoms with Gasteiger partial charge in [-0.1, -0.05) is 26.2 Å². The average molecular weight is 201 g/mol. The van der Waals surface area contributed by atoms with Crippen molar-refractivity contribution >= 4 is 5.96 Å². The van der Waals surface area contributed by atoms with Crippen molar-refractivity contribution in [1.29, 1.82) is 0 Å². The van der Waals surface area contributed by atoms with E-state index in [0.717, 1.165) is 6.42 Å². The first-order valence-electron chi connectivity index (χ1n) is 5.33. The molecule has 14 heavy (non-hydrogen) atoms. The van der Waals surface area contributed by atoms with Gasteiger partial charge in [-0.15, -0.1) is 0 Å². The second-order valence-electron chi connectivity index (χ2n) is 3.48. The second-order valence-corrected chi connectivity index (χ2v) is 3.48. The molecular formula is C10H23N3O. The van der Waals surface area contributed by atoms with Crippen LogP contribution in [0, 0.1) is 0 Å². The maximum Gasteiger partial charge on any atom is 0.185 e. The maximum atomic E-state index is 5.52. The molecule has 0 aromatic rings. The van der Waals surface area contributed by atoms with Gasteiger partial charge in [0.05, 0.1) is 19.3 Å². The molecule has 0 aliphatic rings. The summed E-state index contributed by atoms with van der Waals surface area (Å²) in [6, 6.07) is 0. The topological polar surface area (TPSA) is 73.6 Å². The van der Waals surface area contributed by atoms with E-state index in [9.17, 15) is 0 Å².